The van der Waals surface area contributed by atoms with Crippen molar-refractivity contribution in [2.24, 2.45) is 0 Å². The zero-order valence-corrected chi connectivity index (χ0v) is 16.4. The van der Waals surface area contributed by atoms with Gasteiger partial charge in [0, 0.05) is 50.5 Å². The number of non-ortho nitro benzene ring substituents is 1. The van der Waals surface area contributed by atoms with Crippen molar-refractivity contribution in [2.45, 2.75) is 0 Å². The first-order valence-electron chi connectivity index (χ1n) is 9.13. The lowest BCUT2D eigenvalue weighted by Gasteiger charge is -2.34. The van der Waals surface area contributed by atoms with Crippen molar-refractivity contribution in [3.63, 3.8) is 0 Å². The second-order valence-electron chi connectivity index (χ2n) is 6.73. The van der Waals surface area contributed by atoms with E-state index < -0.39 is 16.6 Å². The van der Waals surface area contributed by atoms with E-state index in [0.29, 0.717) is 41.6 Å². The van der Waals surface area contributed by atoms with E-state index in [9.17, 15) is 23.7 Å². The Labute approximate surface area is 174 Å². The molecule has 0 aliphatic carbocycles. The van der Waals surface area contributed by atoms with Crippen LogP contribution in [-0.2, 0) is 4.79 Å². The van der Waals surface area contributed by atoms with Crippen LogP contribution in [0.15, 0.2) is 42.5 Å². The number of nitrogens with zero attached hydrogens (tertiary/aromatic N) is 4. The van der Waals surface area contributed by atoms with Gasteiger partial charge in [-0.15, -0.1) is 0 Å². The molecule has 4 rings (SSSR count). The van der Waals surface area contributed by atoms with Crippen LogP contribution in [0.4, 0.5) is 19.6 Å². The van der Waals surface area contributed by atoms with E-state index in [-0.39, 0.29) is 17.1 Å². The van der Waals surface area contributed by atoms with Gasteiger partial charge in [0.2, 0.25) is 5.91 Å². The number of rotatable bonds is 4. The van der Waals surface area contributed by atoms with Crippen molar-refractivity contribution in [2.75, 3.05) is 31.1 Å². The van der Waals surface area contributed by atoms with E-state index in [1.807, 2.05) is 4.90 Å². The first-order chi connectivity index (χ1) is 14.4. The minimum absolute atomic E-state index is 0.00735. The summed E-state index contributed by atoms with van der Waals surface area (Å²) in [7, 11) is 0. The number of hydrogen-bond donors (Lipinski definition) is 0. The maximum atomic E-state index is 13.9. The Balaban J connectivity index is 1.37. The number of piperazine rings is 1. The Hall–Kier alpha value is -3.40. The van der Waals surface area contributed by atoms with Gasteiger partial charge in [-0.1, -0.05) is 11.3 Å². The normalized spacial score (nSPS) is 14.6. The molecule has 154 valence electrons. The van der Waals surface area contributed by atoms with E-state index >= 15 is 0 Å². The van der Waals surface area contributed by atoms with Crippen molar-refractivity contribution in [3.8, 4) is 0 Å². The highest BCUT2D eigenvalue weighted by molar-refractivity contribution is 7.22. The fraction of sp³-hybridized carbons (Fsp3) is 0.200. The Kier molecular flexibility index (Phi) is 5.40. The summed E-state index contributed by atoms with van der Waals surface area (Å²) < 4.78 is 27.7. The largest absolute Gasteiger partial charge is 0.345 e. The van der Waals surface area contributed by atoms with Gasteiger partial charge in [0.1, 0.15) is 11.3 Å². The number of benzene rings is 2. The second kappa shape index (κ2) is 8.15. The molecular weight excluding hydrogens is 414 g/mol. The third kappa shape index (κ3) is 4.13. The van der Waals surface area contributed by atoms with Gasteiger partial charge in [0.25, 0.3) is 5.69 Å². The lowest BCUT2D eigenvalue weighted by atomic mass is 10.2. The van der Waals surface area contributed by atoms with Crippen LogP contribution in [0.2, 0.25) is 0 Å². The van der Waals surface area contributed by atoms with Crippen LogP contribution >= 0.6 is 11.3 Å². The lowest BCUT2D eigenvalue weighted by Crippen LogP contribution is -2.48. The van der Waals surface area contributed by atoms with Crippen LogP contribution in [0.5, 0.6) is 0 Å². The summed E-state index contributed by atoms with van der Waals surface area (Å²) in [6.45, 7) is 1.99. The molecule has 1 aliphatic rings. The number of carbonyl (C=O) groups is 1. The summed E-state index contributed by atoms with van der Waals surface area (Å²) in [5.41, 5.74) is 0.837. The third-order valence-corrected chi connectivity index (χ3v) is 5.85. The highest BCUT2D eigenvalue weighted by Gasteiger charge is 2.22. The molecule has 0 bridgehead atoms. The molecule has 1 saturated heterocycles. The monoisotopic (exact) mass is 430 g/mol. The molecule has 0 unspecified atom stereocenters. The van der Waals surface area contributed by atoms with Crippen LogP contribution in [0.25, 0.3) is 16.3 Å². The van der Waals surface area contributed by atoms with Gasteiger partial charge in [0.15, 0.2) is 10.9 Å². The molecule has 0 saturated carbocycles. The molecule has 2 heterocycles. The van der Waals surface area contributed by atoms with Crippen LogP contribution in [0.1, 0.15) is 5.56 Å². The number of nitro benzene ring substituents is 1. The Morgan fingerprint density at radius 1 is 1.13 bits per heavy atom. The van der Waals surface area contributed by atoms with Gasteiger partial charge < -0.3 is 9.80 Å². The van der Waals surface area contributed by atoms with Gasteiger partial charge in [0.05, 0.1) is 9.62 Å². The van der Waals surface area contributed by atoms with Crippen molar-refractivity contribution >= 4 is 44.4 Å². The number of fused-ring (bicyclic) bond motifs is 1. The summed E-state index contributed by atoms with van der Waals surface area (Å²) in [4.78, 5) is 30.5. The second-order valence-corrected chi connectivity index (χ2v) is 7.73. The lowest BCUT2D eigenvalue weighted by molar-refractivity contribution is -0.384. The first-order valence-corrected chi connectivity index (χ1v) is 9.94. The molecule has 0 spiro atoms. The zero-order valence-electron chi connectivity index (χ0n) is 15.6. The van der Waals surface area contributed by atoms with Crippen molar-refractivity contribution in [1.29, 1.82) is 0 Å². The fourth-order valence-corrected chi connectivity index (χ4v) is 4.24. The molecule has 3 aromatic rings. The molecule has 7 nitrogen and oxygen atoms in total. The molecule has 1 amide bonds. The number of amides is 1. The molecule has 2 aromatic carbocycles. The number of carbonyl (C=O) groups excluding carboxylic acids is 1. The quantitative estimate of drug-likeness (QED) is 0.357. The highest BCUT2D eigenvalue weighted by Crippen LogP contribution is 2.31. The summed E-state index contributed by atoms with van der Waals surface area (Å²) in [5.74, 6) is -1.48. The molecule has 1 fully saturated rings. The van der Waals surface area contributed by atoms with Crippen molar-refractivity contribution < 1.29 is 18.5 Å². The molecule has 0 N–H and O–H groups in total. The van der Waals surface area contributed by atoms with Crippen LogP contribution in [0.3, 0.4) is 0 Å². The standard InChI is InChI=1S/C20H16F2N4O3S/c21-14-11-16(22)19-17(12-14)30-20(23-19)25-9-7-24(8-10-25)18(27)6-3-13-1-4-15(5-2-13)26(28)29/h1-6,11-12H,7-10H2/b6-3+. The maximum Gasteiger partial charge on any atom is 0.269 e. The number of halogens is 2. The zero-order chi connectivity index (χ0) is 21.3. The number of anilines is 1. The predicted octanol–water partition coefficient (Wildman–Crippen LogP) is 3.84. The SMILES string of the molecule is O=C(/C=C/c1ccc([N+](=O)[O-])cc1)N1CCN(c2nc3c(F)cc(F)cc3s2)CC1. The molecular formula is C20H16F2N4O3S. The highest BCUT2D eigenvalue weighted by atomic mass is 32.1. The third-order valence-electron chi connectivity index (χ3n) is 4.79. The van der Waals surface area contributed by atoms with E-state index in [4.69, 9.17) is 0 Å². The van der Waals surface area contributed by atoms with E-state index in [2.05, 4.69) is 4.98 Å². The number of thiazole rings is 1. The molecule has 10 heteroatoms. The smallest absolute Gasteiger partial charge is 0.269 e. The molecule has 1 aliphatic heterocycles. The number of hydrogen-bond acceptors (Lipinski definition) is 6. The fourth-order valence-electron chi connectivity index (χ4n) is 3.18. The minimum atomic E-state index is -0.683. The van der Waals surface area contributed by atoms with Crippen molar-refractivity contribution in [1.82, 2.24) is 9.88 Å². The molecule has 1 aromatic heterocycles. The minimum Gasteiger partial charge on any atom is -0.345 e. The summed E-state index contributed by atoms with van der Waals surface area (Å²) in [5, 5.41) is 11.3. The van der Waals surface area contributed by atoms with E-state index in [1.165, 1.54) is 35.6 Å². The Morgan fingerprint density at radius 2 is 1.83 bits per heavy atom. The average Bonchev–Trinajstić information content (AvgIpc) is 3.17. The van der Waals surface area contributed by atoms with E-state index in [0.717, 1.165) is 6.07 Å². The molecule has 0 atom stereocenters. The molecule has 30 heavy (non-hydrogen) atoms. The Bertz CT molecular complexity index is 1140. The average molecular weight is 430 g/mol. The van der Waals surface area contributed by atoms with Crippen LogP contribution < -0.4 is 4.90 Å². The predicted molar refractivity (Wildman–Crippen MR) is 110 cm³/mol. The van der Waals surface area contributed by atoms with E-state index in [1.54, 1.807) is 23.1 Å². The van der Waals surface area contributed by atoms with Crippen LogP contribution in [0, 0.1) is 21.7 Å². The number of nitro groups is 1. The summed E-state index contributed by atoms with van der Waals surface area (Å²) in [6.07, 6.45) is 3.05. The van der Waals surface area contributed by atoms with Gasteiger partial charge in [-0.05, 0) is 29.8 Å². The molecule has 0 radical (unpaired) electrons. The summed E-state index contributed by atoms with van der Waals surface area (Å²) in [6, 6.07) is 8.01. The van der Waals surface area contributed by atoms with Gasteiger partial charge in [-0.25, -0.2) is 13.8 Å². The van der Waals surface area contributed by atoms with Gasteiger partial charge in [-0.2, -0.15) is 0 Å². The van der Waals surface area contributed by atoms with Crippen molar-refractivity contribution in [3.05, 3.63) is 69.8 Å². The summed E-state index contributed by atoms with van der Waals surface area (Å²) >= 11 is 1.22. The first kappa shape index (κ1) is 19.9. The van der Waals surface area contributed by atoms with Gasteiger partial charge in [-0.3, -0.25) is 14.9 Å². The number of aromatic nitrogens is 1. The van der Waals surface area contributed by atoms with Gasteiger partial charge >= 0.3 is 0 Å². The van der Waals surface area contributed by atoms with Crippen LogP contribution in [-0.4, -0.2) is 46.9 Å². The topological polar surface area (TPSA) is 79.6 Å². The maximum absolute atomic E-state index is 13.9. The Morgan fingerprint density at radius 3 is 2.50 bits per heavy atom.